The predicted molar refractivity (Wildman–Crippen MR) is 103 cm³/mol. The second-order valence-electron chi connectivity index (χ2n) is 7.19. The number of amides is 1. The van der Waals surface area contributed by atoms with E-state index in [1.165, 1.54) is 24.0 Å². The van der Waals surface area contributed by atoms with Crippen molar-refractivity contribution in [2.75, 3.05) is 25.1 Å². The molecule has 4 heterocycles. The Bertz CT molecular complexity index is 1120. The summed E-state index contributed by atoms with van der Waals surface area (Å²) in [5, 5.41) is 9.05. The molecule has 0 bridgehead atoms. The van der Waals surface area contributed by atoms with E-state index in [2.05, 4.69) is 25.7 Å². The third-order valence-corrected chi connectivity index (χ3v) is 4.80. The second-order valence-corrected chi connectivity index (χ2v) is 7.19. The Balaban J connectivity index is 1.43. The zero-order valence-electron chi connectivity index (χ0n) is 16.9. The van der Waals surface area contributed by atoms with Crippen LogP contribution in [0, 0.1) is 12.7 Å². The molecule has 3 aromatic heterocycles. The number of hydrogen-bond acceptors (Lipinski definition) is 6. The highest BCUT2D eigenvalue weighted by Gasteiger charge is 2.34. The van der Waals surface area contributed by atoms with Gasteiger partial charge in [-0.15, -0.1) is 0 Å². The maximum absolute atomic E-state index is 14.6. The summed E-state index contributed by atoms with van der Waals surface area (Å²) in [6.07, 6.45) is -0.305. The van der Waals surface area contributed by atoms with Crippen molar-refractivity contribution in [1.82, 2.24) is 29.6 Å². The number of ether oxygens (including phenoxy) is 1. The number of imidazole rings is 1. The van der Waals surface area contributed by atoms with Gasteiger partial charge in [0.15, 0.2) is 17.3 Å². The lowest BCUT2D eigenvalue weighted by atomic mass is 10.2. The van der Waals surface area contributed by atoms with Crippen molar-refractivity contribution in [3.05, 3.63) is 53.8 Å². The number of nitrogens with one attached hydrogen (secondary N) is 2. The number of aromatic nitrogens is 5. The lowest BCUT2D eigenvalue weighted by Crippen LogP contribution is -2.34. The SMILES string of the molecule is Cc1cc(C(F)(F)F)nn1CC(=O)Nc1cnc(-n2cnc(C3COCCN3)c2)c(F)c1. The molecule has 1 fully saturated rings. The van der Waals surface area contributed by atoms with E-state index < -0.39 is 30.1 Å². The predicted octanol–water partition coefficient (Wildman–Crippen LogP) is 2.23. The molecular weight excluding hydrogens is 434 g/mol. The molecule has 3 aromatic rings. The number of nitrogens with zero attached hydrogens (tertiary/aromatic N) is 5. The largest absolute Gasteiger partial charge is 0.435 e. The standard InChI is InChI=1S/C19H19F4N7O2/c1-11-4-16(19(21,22)23)28-30(11)8-17(31)27-12-5-13(20)18(25-6-12)29-7-14(26-10-29)15-9-32-3-2-24-15/h4-7,10,15,24H,2-3,8-9H2,1H3,(H,27,31). The number of anilines is 1. The summed E-state index contributed by atoms with van der Waals surface area (Å²) >= 11 is 0. The molecule has 0 radical (unpaired) electrons. The molecule has 1 aliphatic heterocycles. The van der Waals surface area contributed by atoms with E-state index >= 15 is 0 Å². The quantitative estimate of drug-likeness (QED) is 0.575. The topological polar surface area (TPSA) is 98.9 Å². The fraction of sp³-hybridized carbons (Fsp3) is 0.368. The number of alkyl halides is 3. The van der Waals surface area contributed by atoms with E-state index in [9.17, 15) is 22.4 Å². The van der Waals surface area contributed by atoms with Crippen LogP contribution in [0.25, 0.3) is 5.82 Å². The molecular formula is C19H19F4N7O2. The average Bonchev–Trinajstić information content (AvgIpc) is 3.36. The Hall–Kier alpha value is -3.32. The van der Waals surface area contributed by atoms with Crippen LogP contribution in [0.1, 0.15) is 23.1 Å². The molecule has 0 saturated carbocycles. The fourth-order valence-electron chi connectivity index (χ4n) is 3.22. The van der Waals surface area contributed by atoms with Gasteiger partial charge in [-0.05, 0) is 13.0 Å². The van der Waals surface area contributed by atoms with E-state index in [0.29, 0.717) is 25.5 Å². The molecule has 4 rings (SSSR count). The van der Waals surface area contributed by atoms with Crippen molar-refractivity contribution in [3.8, 4) is 5.82 Å². The van der Waals surface area contributed by atoms with Crippen LogP contribution in [0.5, 0.6) is 0 Å². The highest BCUT2D eigenvalue weighted by Crippen LogP contribution is 2.28. The van der Waals surface area contributed by atoms with Gasteiger partial charge < -0.3 is 15.4 Å². The van der Waals surface area contributed by atoms with E-state index in [4.69, 9.17) is 4.74 Å². The van der Waals surface area contributed by atoms with Crippen molar-refractivity contribution >= 4 is 11.6 Å². The first-order chi connectivity index (χ1) is 15.2. The van der Waals surface area contributed by atoms with Crippen LogP contribution in [-0.4, -0.2) is 50.0 Å². The summed E-state index contributed by atoms with van der Waals surface area (Å²) in [6.45, 7) is 2.70. The number of carbonyl (C=O) groups excluding carboxylic acids is 1. The molecule has 1 amide bonds. The molecule has 2 N–H and O–H groups in total. The maximum atomic E-state index is 14.6. The molecule has 0 aromatic carbocycles. The van der Waals surface area contributed by atoms with E-state index in [1.54, 1.807) is 6.20 Å². The highest BCUT2D eigenvalue weighted by atomic mass is 19.4. The minimum absolute atomic E-state index is 0.0174. The monoisotopic (exact) mass is 453 g/mol. The van der Waals surface area contributed by atoms with Gasteiger partial charge in [0.05, 0.1) is 36.8 Å². The van der Waals surface area contributed by atoms with Crippen LogP contribution < -0.4 is 10.6 Å². The highest BCUT2D eigenvalue weighted by molar-refractivity contribution is 5.90. The van der Waals surface area contributed by atoms with Crippen molar-refractivity contribution in [2.24, 2.45) is 0 Å². The van der Waals surface area contributed by atoms with Gasteiger partial charge in [0.25, 0.3) is 0 Å². The molecule has 13 heteroatoms. The molecule has 9 nitrogen and oxygen atoms in total. The van der Waals surface area contributed by atoms with Gasteiger partial charge in [-0.2, -0.15) is 18.3 Å². The number of halogens is 4. The van der Waals surface area contributed by atoms with Crippen LogP contribution in [0.15, 0.2) is 30.9 Å². The number of hydrogen-bond donors (Lipinski definition) is 2. The lowest BCUT2D eigenvalue weighted by Gasteiger charge is -2.21. The summed E-state index contributed by atoms with van der Waals surface area (Å²) in [4.78, 5) is 20.5. The molecule has 1 aliphatic rings. The van der Waals surface area contributed by atoms with E-state index in [0.717, 1.165) is 16.8 Å². The van der Waals surface area contributed by atoms with Gasteiger partial charge in [-0.25, -0.2) is 14.4 Å². The Morgan fingerprint density at radius 1 is 1.34 bits per heavy atom. The van der Waals surface area contributed by atoms with Gasteiger partial charge in [0.1, 0.15) is 12.9 Å². The van der Waals surface area contributed by atoms with Gasteiger partial charge in [0, 0.05) is 24.5 Å². The minimum Gasteiger partial charge on any atom is -0.378 e. The Morgan fingerprint density at radius 2 is 2.16 bits per heavy atom. The van der Waals surface area contributed by atoms with Gasteiger partial charge in [0.2, 0.25) is 5.91 Å². The first-order valence-electron chi connectivity index (χ1n) is 9.63. The zero-order chi connectivity index (χ0) is 22.9. The lowest BCUT2D eigenvalue weighted by molar-refractivity contribution is -0.141. The summed E-state index contributed by atoms with van der Waals surface area (Å²) in [6, 6.07) is 1.81. The van der Waals surface area contributed by atoms with Crippen LogP contribution in [0.4, 0.5) is 23.2 Å². The first-order valence-corrected chi connectivity index (χ1v) is 9.63. The van der Waals surface area contributed by atoms with Crippen LogP contribution in [0.2, 0.25) is 0 Å². The summed E-state index contributed by atoms with van der Waals surface area (Å²) in [7, 11) is 0. The van der Waals surface area contributed by atoms with Crippen molar-refractivity contribution in [1.29, 1.82) is 0 Å². The molecule has 1 unspecified atom stereocenters. The maximum Gasteiger partial charge on any atom is 0.435 e. The van der Waals surface area contributed by atoms with Gasteiger partial charge >= 0.3 is 6.18 Å². The summed E-state index contributed by atoms with van der Waals surface area (Å²) in [5.74, 6) is -1.40. The van der Waals surface area contributed by atoms with Crippen LogP contribution in [-0.2, 0) is 22.3 Å². The molecule has 170 valence electrons. The molecule has 1 saturated heterocycles. The Labute approximate surface area is 179 Å². The zero-order valence-corrected chi connectivity index (χ0v) is 16.9. The van der Waals surface area contributed by atoms with Crippen molar-refractivity contribution < 1.29 is 27.1 Å². The minimum atomic E-state index is -4.61. The van der Waals surface area contributed by atoms with E-state index in [-0.39, 0.29) is 23.2 Å². The Morgan fingerprint density at radius 3 is 2.81 bits per heavy atom. The van der Waals surface area contributed by atoms with Crippen LogP contribution in [0.3, 0.4) is 0 Å². The van der Waals surface area contributed by atoms with Crippen molar-refractivity contribution in [2.45, 2.75) is 25.7 Å². The normalized spacial score (nSPS) is 16.8. The van der Waals surface area contributed by atoms with Crippen molar-refractivity contribution in [3.63, 3.8) is 0 Å². The summed E-state index contributed by atoms with van der Waals surface area (Å²) in [5.41, 5.74) is -0.189. The molecule has 0 spiro atoms. The first kappa shape index (κ1) is 21.9. The number of pyridine rings is 1. The van der Waals surface area contributed by atoms with Gasteiger partial charge in [-0.3, -0.25) is 14.0 Å². The van der Waals surface area contributed by atoms with Crippen LogP contribution >= 0.6 is 0 Å². The average molecular weight is 453 g/mol. The number of rotatable bonds is 5. The van der Waals surface area contributed by atoms with E-state index in [1.807, 2.05) is 0 Å². The summed E-state index contributed by atoms with van der Waals surface area (Å²) < 4.78 is 60.6. The fourth-order valence-corrected chi connectivity index (χ4v) is 3.22. The third-order valence-electron chi connectivity index (χ3n) is 4.80. The molecule has 32 heavy (non-hydrogen) atoms. The smallest absolute Gasteiger partial charge is 0.378 e. The van der Waals surface area contributed by atoms with Gasteiger partial charge in [-0.1, -0.05) is 0 Å². The third kappa shape index (κ3) is 4.78. The number of morpholine rings is 1. The number of carbonyl (C=O) groups is 1. The second kappa shape index (κ2) is 8.67. The number of aryl methyl sites for hydroxylation is 1. The molecule has 0 aliphatic carbocycles. The molecule has 1 atom stereocenters. The Kier molecular flexibility index (Phi) is 5.93.